The fraction of sp³-hybridized carbons (Fsp3) is 0.0769. The van der Waals surface area contributed by atoms with Gasteiger partial charge in [0.1, 0.15) is 10.4 Å². The number of carbonyl (C=O) groups is 1. The van der Waals surface area contributed by atoms with Crippen molar-refractivity contribution in [1.82, 2.24) is 4.98 Å². The van der Waals surface area contributed by atoms with Crippen molar-refractivity contribution in [2.24, 2.45) is 0 Å². The molecule has 2 aromatic rings. The highest BCUT2D eigenvalue weighted by atomic mass is 79.9. The lowest BCUT2D eigenvalue weighted by Gasteiger charge is -2.08. The van der Waals surface area contributed by atoms with Gasteiger partial charge in [-0.25, -0.2) is 4.98 Å². The van der Waals surface area contributed by atoms with Crippen molar-refractivity contribution in [1.29, 1.82) is 0 Å². The molecule has 0 fully saturated rings. The van der Waals surface area contributed by atoms with Crippen molar-refractivity contribution in [3.05, 3.63) is 52.2 Å². The molecule has 6 heteroatoms. The van der Waals surface area contributed by atoms with E-state index in [4.69, 9.17) is 16.3 Å². The Balaban J connectivity index is 1.88. The monoisotopic (exact) mass is 340 g/mol. The van der Waals surface area contributed by atoms with E-state index in [1.165, 1.54) is 0 Å². The lowest BCUT2D eigenvalue weighted by Crippen LogP contribution is -2.20. The highest BCUT2D eigenvalue weighted by Crippen LogP contribution is 2.18. The summed E-state index contributed by atoms with van der Waals surface area (Å²) in [5.74, 6) is 0.327. The summed E-state index contributed by atoms with van der Waals surface area (Å²) in [5.41, 5.74) is 0.604. The van der Waals surface area contributed by atoms with Crippen molar-refractivity contribution in [3.63, 3.8) is 0 Å². The Bertz CT molecular complexity index is 575. The van der Waals surface area contributed by atoms with Gasteiger partial charge < -0.3 is 10.1 Å². The number of aromatic nitrogens is 1. The second-order valence-corrected chi connectivity index (χ2v) is 4.82. The normalized spacial score (nSPS) is 10.0. The van der Waals surface area contributed by atoms with Crippen LogP contribution in [0.1, 0.15) is 0 Å². The number of nitrogens with one attached hydrogen (secondary N) is 1. The van der Waals surface area contributed by atoms with Crippen LogP contribution in [0.15, 0.2) is 47.2 Å². The average molecular weight is 342 g/mol. The smallest absolute Gasteiger partial charge is 0.262 e. The highest BCUT2D eigenvalue weighted by Gasteiger charge is 2.06. The largest absolute Gasteiger partial charge is 0.484 e. The van der Waals surface area contributed by atoms with Gasteiger partial charge in [0.15, 0.2) is 6.61 Å². The molecule has 1 N–H and O–H groups in total. The van der Waals surface area contributed by atoms with E-state index in [1.807, 2.05) is 0 Å². The minimum absolute atomic E-state index is 0.0804. The van der Waals surface area contributed by atoms with Gasteiger partial charge >= 0.3 is 0 Å². The molecule has 19 heavy (non-hydrogen) atoms. The molecule has 1 aromatic heterocycles. The summed E-state index contributed by atoms with van der Waals surface area (Å²) in [7, 11) is 0. The first kappa shape index (κ1) is 13.8. The van der Waals surface area contributed by atoms with E-state index in [9.17, 15) is 4.79 Å². The molecule has 1 heterocycles. The molecule has 0 saturated heterocycles. The van der Waals surface area contributed by atoms with E-state index < -0.39 is 0 Å². The molecule has 0 atom stereocenters. The SMILES string of the molecule is O=C(COc1ccc(Cl)cc1)Nc1cccnc1Br. The van der Waals surface area contributed by atoms with Gasteiger partial charge in [-0.1, -0.05) is 11.6 Å². The number of amides is 1. The van der Waals surface area contributed by atoms with E-state index in [0.29, 0.717) is 21.1 Å². The summed E-state index contributed by atoms with van der Waals surface area (Å²) in [6.45, 7) is -0.0804. The molecule has 98 valence electrons. The number of pyridine rings is 1. The average Bonchev–Trinajstić information content (AvgIpc) is 2.41. The summed E-state index contributed by atoms with van der Waals surface area (Å²) in [4.78, 5) is 15.7. The van der Waals surface area contributed by atoms with Gasteiger partial charge in [0, 0.05) is 11.2 Å². The van der Waals surface area contributed by atoms with Crippen molar-refractivity contribution < 1.29 is 9.53 Å². The zero-order chi connectivity index (χ0) is 13.7. The van der Waals surface area contributed by atoms with Crippen LogP contribution in [0.25, 0.3) is 0 Å². The second kappa shape index (κ2) is 6.54. The zero-order valence-electron chi connectivity index (χ0n) is 9.77. The first-order chi connectivity index (χ1) is 9.15. The van der Waals surface area contributed by atoms with Crippen molar-refractivity contribution >= 4 is 39.1 Å². The van der Waals surface area contributed by atoms with Gasteiger partial charge in [-0.05, 0) is 52.3 Å². The molecule has 0 radical (unpaired) electrons. The van der Waals surface area contributed by atoms with E-state index >= 15 is 0 Å². The maximum Gasteiger partial charge on any atom is 0.262 e. The summed E-state index contributed by atoms with van der Waals surface area (Å²) in [6.07, 6.45) is 1.63. The molecule has 0 spiro atoms. The van der Waals surface area contributed by atoms with E-state index in [2.05, 4.69) is 26.2 Å². The molecule has 4 nitrogen and oxygen atoms in total. The Morgan fingerprint density at radius 3 is 2.74 bits per heavy atom. The minimum Gasteiger partial charge on any atom is -0.484 e. The Morgan fingerprint density at radius 1 is 1.32 bits per heavy atom. The lowest BCUT2D eigenvalue weighted by molar-refractivity contribution is -0.118. The molecular weight excluding hydrogens is 332 g/mol. The molecular formula is C13H10BrClN2O2. The van der Waals surface area contributed by atoms with Crippen molar-refractivity contribution in [2.45, 2.75) is 0 Å². The number of anilines is 1. The van der Waals surface area contributed by atoms with Gasteiger partial charge in [0.2, 0.25) is 0 Å². The summed E-state index contributed by atoms with van der Waals surface area (Å²) in [6, 6.07) is 10.3. The fourth-order valence-electron chi connectivity index (χ4n) is 1.35. The predicted molar refractivity (Wildman–Crippen MR) is 77.5 cm³/mol. The number of benzene rings is 1. The van der Waals surface area contributed by atoms with Crippen LogP contribution in [0.3, 0.4) is 0 Å². The van der Waals surface area contributed by atoms with Crippen molar-refractivity contribution in [2.75, 3.05) is 11.9 Å². The predicted octanol–water partition coefficient (Wildman–Crippen LogP) is 3.52. The number of ether oxygens (including phenoxy) is 1. The Hall–Kier alpha value is -1.59. The lowest BCUT2D eigenvalue weighted by atomic mass is 10.3. The van der Waals surface area contributed by atoms with Crippen LogP contribution in [0, 0.1) is 0 Å². The highest BCUT2D eigenvalue weighted by molar-refractivity contribution is 9.10. The fourth-order valence-corrected chi connectivity index (χ4v) is 1.82. The topological polar surface area (TPSA) is 51.2 Å². The Labute approximate surface area is 123 Å². The molecule has 0 unspecified atom stereocenters. The van der Waals surface area contributed by atoms with Crippen LogP contribution < -0.4 is 10.1 Å². The third kappa shape index (κ3) is 4.22. The standard InChI is InChI=1S/C13H10BrClN2O2/c14-13-11(2-1-7-16-13)17-12(18)8-19-10-5-3-9(15)4-6-10/h1-7H,8H2,(H,17,18). The first-order valence-corrected chi connectivity index (χ1v) is 6.61. The van der Waals surface area contributed by atoms with Crippen LogP contribution in [0.4, 0.5) is 5.69 Å². The molecule has 1 aromatic carbocycles. The molecule has 1 amide bonds. The van der Waals surface area contributed by atoms with Crippen LogP contribution in [-0.2, 0) is 4.79 Å². The third-order valence-electron chi connectivity index (χ3n) is 2.22. The number of hydrogen-bond acceptors (Lipinski definition) is 3. The number of halogens is 2. The van der Waals surface area contributed by atoms with Crippen LogP contribution in [0.5, 0.6) is 5.75 Å². The van der Waals surface area contributed by atoms with E-state index in [0.717, 1.165) is 0 Å². The summed E-state index contributed by atoms with van der Waals surface area (Å²) >= 11 is 9.00. The Morgan fingerprint density at radius 2 is 2.05 bits per heavy atom. The van der Waals surface area contributed by atoms with Crippen molar-refractivity contribution in [3.8, 4) is 5.75 Å². The Kier molecular flexibility index (Phi) is 4.76. The molecule has 0 aliphatic carbocycles. The first-order valence-electron chi connectivity index (χ1n) is 5.44. The summed E-state index contributed by atoms with van der Waals surface area (Å²) in [5, 5.41) is 3.31. The van der Waals surface area contributed by atoms with Crippen LogP contribution >= 0.6 is 27.5 Å². The molecule has 0 aliphatic rings. The van der Waals surface area contributed by atoms with Gasteiger partial charge in [-0.15, -0.1) is 0 Å². The maximum atomic E-state index is 11.7. The molecule has 0 saturated carbocycles. The van der Waals surface area contributed by atoms with E-state index in [-0.39, 0.29) is 12.5 Å². The van der Waals surface area contributed by atoms with Gasteiger partial charge in [0.25, 0.3) is 5.91 Å². The quantitative estimate of drug-likeness (QED) is 0.866. The van der Waals surface area contributed by atoms with Crippen LogP contribution in [0.2, 0.25) is 5.02 Å². The molecule has 0 aliphatic heterocycles. The second-order valence-electron chi connectivity index (χ2n) is 3.63. The molecule has 2 rings (SSSR count). The zero-order valence-corrected chi connectivity index (χ0v) is 12.1. The number of carbonyl (C=O) groups excluding carboxylic acids is 1. The number of rotatable bonds is 4. The van der Waals surface area contributed by atoms with Gasteiger partial charge in [0.05, 0.1) is 5.69 Å². The van der Waals surface area contributed by atoms with E-state index in [1.54, 1.807) is 42.6 Å². The molecule has 0 bridgehead atoms. The minimum atomic E-state index is -0.261. The maximum absolute atomic E-state index is 11.7. The van der Waals surface area contributed by atoms with Crippen LogP contribution in [-0.4, -0.2) is 17.5 Å². The third-order valence-corrected chi connectivity index (χ3v) is 3.10. The summed E-state index contributed by atoms with van der Waals surface area (Å²) < 4.78 is 5.91. The van der Waals surface area contributed by atoms with Gasteiger partial charge in [-0.2, -0.15) is 0 Å². The van der Waals surface area contributed by atoms with Gasteiger partial charge in [-0.3, -0.25) is 4.79 Å². The number of nitrogens with zero attached hydrogens (tertiary/aromatic N) is 1. The number of hydrogen-bond donors (Lipinski definition) is 1.